The molecule has 0 fully saturated rings. The summed E-state index contributed by atoms with van der Waals surface area (Å²) in [6.45, 7) is 0. The molecule has 0 unspecified atom stereocenters. The van der Waals surface area contributed by atoms with E-state index in [-0.39, 0.29) is 6.10 Å². The fourth-order valence-corrected chi connectivity index (χ4v) is 2.55. The van der Waals surface area contributed by atoms with Gasteiger partial charge in [-0.15, -0.1) is 0 Å². The highest BCUT2D eigenvalue weighted by Crippen LogP contribution is 2.30. The van der Waals surface area contributed by atoms with Crippen LogP contribution in [-0.2, 0) is 4.84 Å². The first-order valence-corrected chi connectivity index (χ1v) is 8.10. The normalized spacial score (nSPS) is 15.9. The van der Waals surface area contributed by atoms with E-state index in [1.807, 2.05) is 54.6 Å². The van der Waals surface area contributed by atoms with Crippen LogP contribution in [0.15, 0.2) is 78.2 Å². The first-order chi connectivity index (χ1) is 12.8. The number of ether oxygens (including phenoxy) is 2. The Balaban J connectivity index is 1.37. The van der Waals surface area contributed by atoms with Crippen molar-refractivity contribution in [1.82, 2.24) is 4.98 Å². The molecule has 2 heterocycles. The van der Waals surface area contributed by atoms with Gasteiger partial charge in [0.05, 0.1) is 18.8 Å². The van der Waals surface area contributed by atoms with Gasteiger partial charge < -0.3 is 14.3 Å². The number of aromatic nitrogens is 1. The highest BCUT2D eigenvalue weighted by Gasteiger charge is 2.24. The third-order valence-electron chi connectivity index (χ3n) is 3.79. The number of pyridine rings is 1. The van der Waals surface area contributed by atoms with Crippen molar-refractivity contribution in [3.05, 3.63) is 84.4 Å². The molecule has 1 aliphatic heterocycles. The maximum absolute atomic E-state index is 13.2. The van der Waals surface area contributed by atoms with Crippen LogP contribution in [0.5, 0.6) is 17.2 Å². The molecule has 0 amide bonds. The van der Waals surface area contributed by atoms with E-state index < -0.39 is 5.82 Å². The van der Waals surface area contributed by atoms with Crippen LogP contribution >= 0.6 is 0 Å². The summed E-state index contributed by atoms with van der Waals surface area (Å²) < 4.78 is 24.4. The third-order valence-corrected chi connectivity index (χ3v) is 3.79. The Hall–Kier alpha value is -3.41. The number of para-hydroxylation sites is 1. The van der Waals surface area contributed by atoms with E-state index in [2.05, 4.69) is 10.1 Å². The van der Waals surface area contributed by atoms with Crippen LogP contribution in [0.25, 0.3) is 0 Å². The Kier molecular flexibility index (Phi) is 4.47. The molecule has 0 spiro atoms. The molecule has 6 heteroatoms. The lowest BCUT2D eigenvalue weighted by atomic mass is 10.1. The number of rotatable bonds is 4. The molecule has 0 N–H and O–H groups in total. The molecular weight excluding hydrogens is 335 g/mol. The smallest absolute Gasteiger partial charge is 0.235 e. The molecule has 0 radical (unpaired) electrons. The predicted molar refractivity (Wildman–Crippen MR) is 93.7 cm³/mol. The van der Waals surface area contributed by atoms with Gasteiger partial charge in [0.15, 0.2) is 6.10 Å². The van der Waals surface area contributed by atoms with E-state index in [4.69, 9.17) is 14.3 Å². The van der Waals surface area contributed by atoms with Gasteiger partial charge in [-0.05, 0) is 29.8 Å². The SMILES string of the molecule is Fc1cncc(OC2=NO[C@@H](c3ccc(Oc4ccccc4)cc3)C2)c1. The van der Waals surface area contributed by atoms with E-state index in [9.17, 15) is 4.39 Å². The van der Waals surface area contributed by atoms with Crippen LogP contribution in [0.3, 0.4) is 0 Å². The predicted octanol–water partition coefficient (Wildman–Crippen LogP) is 4.87. The lowest BCUT2D eigenvalue weighted by molar-refractivity contribution is 0.0855. The van der Waals surface area contributed by atoms with Gasteiger partial charge in [-0.1, -0.05) is 35.5 Å². The summed E-state index contributed by atoms with van der Waals surface area (Å²) in [4.78, 5) is 9.16. The zero-order valence-electron chi connectivity index (χ0n) is 13.7. The molecule has 1 aliphatic rings. The summed E-state index contributed by atoms with van der Waals surface area (Å²) in [5, 5.41) is 3.92. The minimum atomic E-state index is -0.465. The molecule has 0 saturated carbocycles. The fourth-order valence-electron chi connectivity index (χ4n) is 2.55. The van der Waals surface area contributed by atoms with E-state index >= 15 is 0 Å². The van der Waals surface area contributed by atoms with Crippen molar-refractivity contribution in [2.75, 3.05) is 0 Å². The molecule has 130 valence electrons. The zero-order chi connectivity index (χ0) is 17.8. The van der Waals surface area contributed by atoms with Crippen molar-refractivity contribution >= 4 is 5.90 Å². The van der Waals surface area contributed by atoms with Crippen LogP contribution in [0.1, 0.15) is 18.1 Å². The molecule has 0 saturated heterocycles. The first-order valence-electron chi connectivity index (χ1n) is 8.10. The van der Waals surface area contributed by atoms with Crippen LogP contribution in [0.4, 0.5) is 4.39 Å². The third kappa shape index (κ3) is 3.80. The Bertz CT molecular complexity index is 914. The Morgan fingerprint density at radius 1 is 0.885 bits per heavy atom. The van der Waals surface area contributed by atoms with E-state index in [0.29, 0.717) is 18.1 Å². The van der Waals surface area contributed by atoms with Gasteiger partial charge >= 0.3 is 0 Å². The summed E-state index contributed by atoms with van der Waals surface area (Å²) >= 11 is 0. The number of hydrogen-bond donors (Lipinski definition) is 0. The molecule has 3 aromatic rings. The molecular formula is C20H15FN2O3. The zero-order valence-corrected chi connectivity index (χ0v) is 13.7. The van der Waals surface area contributed by atoms with Crippen molar-refractivity contribution in [3.63, 3.8) is 0 Å². The van der Waals surface area contributed by atoms with E-state index in [0.717, 1.165) is 23.3 Å². The molecule has 26 heavy (non-hydrogen) atoms. The van der Waals surface area contributed by atoms with Crippen LogP contribution in [0, 0.1) is 5.82 Å². The second-order valence-electron chi connectivity index (χ2n) is 5.71. The summed E-state index contributed by atoms with van der Waals surface area (Å²) in [5.41, 5.74) is 0.949. The molecule has 1 aromatic heterocycles. The number of oxime groups is 1. The van der Waals surface area contributed by atoms with Crippen molar-refractivity contribution < 1.29 is 18.7 Å². The van der Waals surface area contributed by atoms with Gasteiger partial charge in [0.2, 0.25) is 5.90 Å². The highest BCUT2D eigenvalue weighted by molar-refractivity contribution is 5.79. The quantitative estimate of drug-likeness (QED) is 0.674. The number of nitrogens with zero attached hydrogens (tertiary/aromatic N) is 2. The number of halogens is 1. The molecule has 4 rings (SSSR count). The van der Waals surface area contributed by atoms with Crippen molar-refractivity contribution in [1.29, 1.82) is 0 Å². The monoisotopic (exact) mass is 350 g/mol. The van der Waals surface area contributed by atoms with Gasteiger partial charge in [0.1, 0.15) is 23.1 Å². The Morgan fingerprint density at radius 3 is 2.42 bits per heavy atom. The van der Waals surface area contributed by atoms with Crippen molar-refractivity contribution in [3.8, 4) is 17.2 Å². The number of hydrogen-bond acceptors (Lipinski definition) is 5. The standard InChI is InChI=1S/C20H15FN2O3/c21-15-10-18(13-22-12-15)25-20-11-19(26-23-20)14-6-8-17(9-7-14)24-16-4-2-1-3-5-16/h1-10,12-13,19H,11H2/t19-/m1/s1. The van der Waals surface area contributed by atoms with Crippen LogP contribution in [-0.4, -0.2) is 10.9 Å². The average molecular weight is 350 g/mol. The second kappa shape index (κ2) is 7.23. The van der Waals surface area contributed by atoms with Crippen LogP contribution < -0.4 is 9.47 Å². The maximum Gasteiger partial charge on any atom is 0.235 e. The highest BCUT2D eigenvalue weighted by atomic mass is 19.1. The summed E-state index contributed by atoms with van der Waals surface area (Å²) in [6.07, 6.45) is 2.74. The van der Waals surface area contributed by atoms with Gasteiger partial charge in [-0.3, -0.25) is 4.98 Å². The van der Waals surface area contributed by atoms with E-state index in [1.165, 1.54) is 12.3 Å². The Morgan fingerprint density at radius 2 is 1.65 bits per heavy atom. The maximum atomic E-state index is 13.2. The fraction of sp³-hybridized carbons (Fsp3) is 0.100. The molecule has 5 nitrogen and oxygen atoms in total. The summed E-state index contributed by atoms with van der Waals surface area (Å²) in [6, 6.07) is 18.4. The lowest BCUT2D eigenvalue weighted by Gasteiger charge is -2.10. The second-order valence-corrected chi connectivity index (χ2v) is 5.71. The van der Waals surface area contributed by atoms with Crippen molar-refractivity contribution in [2.24, 2.45) is 5.16 Å². The molecule has 0 bridgehead atoms. The first kappa shape index (κ1) is 16.1. The Labute approximate surface area is 149 Å². The largest absolute Gasteiger partial charge is 0.457 e. The van der Waals surface area contributed by atoms with Gasteiger partial charge in [0, 0.05) is 6.07 Å². The minimum Gasteiger partial charge on any atom is -0.457 e. The van der Waals surface area contributed by atoms with Gasteiger partial charge in [0.25, 0.3) is 0 Å². The molecule has 0 aliphatic carbocycles. The number of benzene rings is 2. The van der Waals surface area contributed by atoms with E-state index in [1.54, 1.807) is 0 Å². The summed E-state index contributed by atoms with van der Waals surface area (Å²) in [5.74, 6) is 1.72. The van der Waals surface area contributed by atoms with Crippen LogP contribution in [0.2, 0.25) is 0 Å². The molecule has 1 atom stereocenters. The molecule has 2 aromatic carbocycles. The van der Waals surface area contributed by atoms with Gasteiger partial charge in [-0.25, -0.2) is 4.39 Å². The van der Waals surface area contributed by atoms with Crippen molar-refractivity contribution in [2.45, 2.75) is 12.5 Å². The lowest BCUT2D eigenvalue weighted by Crippen LogP contribution is -2.07. The van der Waals surface area contributed by atoms with Gasteiger partial charge in [-0.2, -0.15) is 0 Å². The minimum absolute atomic E-state index is 0.253. The topological polar surface area (TPSA) is 52.9 Å². The summed E-state index contributed by atoms with van der Waals surface area (Å²) in [7, 11) is 0. The average Bonchev–Trinajstić information content (AvgIpc) is 3.12.